The molecule has 1 amide bonds. The Hall–Kier alpha value is -1.31. The van der Waals surface area contributed by atoms with Gasteiger partial charge in [0.15, 0.2) is 0 Å². The predicted octanol–water partition coefficient (Wildman–Crippen LogP) is 0.715. The fourth-order valence-corrected chi connectivity index (χ4v) is 2.93. The van der Waals surface area contributed by atoms with E-state index in [9.17, 15) is 13.2 Å². The molecule has 0 radical (unpaired) electrons. The van der Waals surface area contributed by atoms with Crippen LogP contribution in [0.3, 0.4) is 0 Å². The molecule has 0 aromatic heterocycles. The molecule has 1 aromatic rings. The standard InChI is InChI=1S/C11H15ClN2O4S/c1-13-11(15)7-14(2)19(16,17)10-6-8(12)4-5-9(10)18-3/h4-6H,7H2,1-3H3,(H,13,15). The van der Waals surface area contributed by atoms with Crippen molar-refractivity contribution in [2.45, 2.75) is 4.90 Å². The molecule has 1 rings (SSSR count). The number of hydrogen-bond donors (Lipinski definition) is 1. The molecule has 8 heteroatoms. The minimum Gasteiger partial charge on any atom is -0.495 e. The summed E-state index contributed by atoms with van der Waals surface area (Å²) in [4.78, 5) is 11.2. The first kappa shape index (κ1) is 15.7. The van der Waals surface area contributed by atoms with Gasteiger partial charge < -0.3 is 10.1 Å². The van der Waals surface area contributed by atoms with Crippen molar-refractivity contribution in [3.05, 3.63) is 23.2 Å². The lowest BCUT2D eigenvalue weighted by molar-refractivity contribution is -0.120. The molecular formula is C11H15ClN2O4S. The van der Waals surface area contributed by atoms with Crippen LogP contribution in [-0.2, 0) is 14.8 Å². The number of benzene rings is 1. The Morgan fingerprint density at radius 1 is 1.47 bits per heavy atom. The third kappa shape index (κ3) is 3.59. The van der Waals surface area contributed by atoms with Crippen molar-refractivity contribution in [1.29, 1.82) is 0 Å². The molecule has 0 heterocycles. The topological polar surface area (TPSA) is 75.7 Å². The molecule has 0 aliphatic carbocycles. The predicted molar refractivity (Wildman–Crippen MR) is 71.9 cm³/mol. The van der Waals surface area contributed by atoms with Crippen LogP contribution in [0.25, 0.3) is 0 Å². The largest absolute Gasteiger partial charge is 0.495 e. The molecule has 0 saturated heterocycles. The highest BCUT2D eigenvalue weighted by atomic mass is 35.5. The normalized spacial score (nSPS) is 11.4. The van der Waals surface area contributed by atoms with Crippen molar-refractivity contribution >= 4 is 27.5 Å². The maximum Gasteiger partial charge on any atom is 0.247 e. The first-order valence-corrected chi connectivity index (χ1v) is 7.15. The second kappa shape index (κ2) is 6.23. The third-order valence-electron chi connectivity index (χ3n) is 2.46. The zero-order valence-electron chi connectivity index (χ0n) is 10.8. The van der Waals surface area contributed by atoms with Crippen molar-refractivity contribution in [2.75, 3.05) is 27.7 Å². The van der Waals surface area contributed by atoms with E-state index >= 15 is 0 Å². The Bertz CT molecular complexity index is 574. The molecule has 19 heavy (non-hydrogen) atoms. The van der Waals surface area contributed by atoms with Gasteiger partial charge in [-0.25, -0.2) is 8.42 Å². The highest BCUT2D eigenvalue weighted by Crippen LogP contribution is 2.28. The molecule has 0 aliphatic rings. The summed E-state index contributed by atoms with van der Waals surface area (Å²) in [6.07, 6.45) is 0. The van der Waals surface area contributed by atoms with Crippen LogP contribution in [0, 0.1) is 0 Å². The molecule has 0 fully saturated rings. The first-order chi connectivity index (χ1) is 8.82. The van der Waals surface area contributed by atoms with E-state index < -0.39 is 15.9 Å². The zero-order valence-corrected chi connectivity index (χ0v) is 12.4. The fourth-order valence-electron chi connectivity index (χ4n) is 1.39. The number of halogens is 1. The number of rotatable bonds is 5. The molecule has 0 atom stereocenters. The molecule has 0 aliphatic heterocycles. The number of amides is 1. The van der Waals surface area contributed by atoms with Crippen LogP contribution in [0.5, 0.6) is 5.75 Å². The van der Waals surface area contributed by atoms with Crippen LogP contribution >= 0.6 is 11.6 Å². The number of carbonyl (C=O) groups is 1. The van der Waals surface area contributed by atoms with Gasteiger partial charge in [0.1, 0.15) is 10.6 Å². The monoisotopic (exact) mass is 306 g/mol. The van der Waals surface area contributed by atoms with Crippen LogP contribution in [-0.4, -0.2) is 46.4 Å². The highest BCUT2D eigenvalue weighted by molar-refractivity contribution is 7.89. The van der Waals surface area contributed by atoms with Gasteiger partial charge in [-0.15, -0.1) is 0 Å². The average Bonchev–Trinajstić information content (AvgIpc) is 2.38. The highest BCUT2D eigenvalue weighted by Gasteiger charge is 2.26. The van der Waals surface area contributed by atoms with Crippen molar-refractivity contribution < 1.29 is 17.9 Å². The number of hydrogen-bond acceptors (Lipinski definition) is 4. The van der Waals surface area contributed by atoms with Gasteiger partial charge in [0, 0.05) is 19.1 Å². The third-order valence-corrected chi connectivity index (χ3v) is 4.52. The maximum absolute atomic E-state index is 12.3. The van der Waals surface area contributed by atoms with Gasteiger partial charge >= 0.3 is 0 Å². The van der Waals surface area contributed by atoms with Crippen molar-refractivity contribution in [3.8, 4) is 5.75 Å². The number of methoxy groups -OCH3 is 1. The van der Waals surface area contributed by atoms with Crippen LogP contribution in [0.2, 0.25) is 5.02 Å². The van der Waals surface area contributed by atoms with E-state index in [1.807, 2.05) is 0 Å². The molecule has 106 valence electrons. The number of nitrogens with one attached hydrogen (secondary N) is 1. The zero-order chi connectivity index (χ0) is 14.6. The van der Waals surface area contributed by atoms with Crippen molar-refractivity contribution in [1.82, 2.24) is 9.62 Å². The summed E-state index contributed by atoms with van der Waals surface area (Å²) in [6.45, 7) is -0.283. The van der Waals surface area contributed by atoms with E-state index in [1.54, 1.807) is 0 Å². The average molecular weight is 307 g/mol. The first-order valence-electron chi connectivity index (χ1n) is 5.33. The van der Waals surface area contributed by atoms with E-state index in [0.717, 1.165) is 4.31 Å². The molecule has 1 N–H and O–H groups in total. The number of sulfonamides is 1. The van der Waals surface area contributed by atoms with Gasteiger partial charge in [0.05, 0.1) is 13.7 Å². The molecule has 0 unspecified atom stereocenters. The van der Waals surface area contributed by atoms with E-state index in [1.165, 1.54) is 39.4 Å². The Balaban J connectivity index is 3.19. The van der Waals surface area contributed by atoms with Crippen LogP contribution < -0.4 is 10.1 Å². The SMILES string of the molecule is CNC(=O)CN(C)S(=O)(=O)c1cc(Cl)ccc1OC. The van der Waals surface area contributed by atoms with E-state index in [0.29, 0.717) is 0 Å². The summed E-state index contributed by atoms with van der Waals surface area (Å²) in [7, 11) is 0.259. The molecule has 0 saturated carbocycles. The lowest BCUT2D eigenvalue weighted by atomic mass is 10.3. The summed E-state index contributed by atoms with van der Waals surface area (Å²) in [5.74, 6) is -0.236. The lowest BCUT2D eigenvalue weighted by Crippen LogP contribution is -2.37. The smallest absolute Gasteiger partial charge is 0.247 e. The van der Waals surface area contributed by atoms with Crippen LogP contribution in [0.1, 0.15) is 0 Å². The minimum absolute atomic E-state index is 0.0751. The van der Waals surface area contributed by atoms with Gasteiger partial charge in [0.25, 0.3) is 0 Å². The molecular weight excluding hydrogens is 292 g/mol. The quantitative estimate of drug-likeness (QED) is 0.869. The Labute approximate surface area is 117 Å². The Kier molecular flexibility index (Phi) is 5.16. The number of ether oxygens (including phenoxy) is 1. The van der Waals surface area contributed by atoms with Crippen LogP contribution in [0.4, 0.5) is 0 Å². The fraction of sp³-hybridized carbons (Fsp3) is 0.364. The minimum atomic E-state index is -3.85. The van der Waals surface area contributed by atoms with E-state index in [4.69, 9.17) is 16.3 Å². The molecule has 1 aromatic carbocycles. The van der Waals surface area contributed by atoms with Crippen molar-refractivity contribution in [3.63, 3.8) is 0 Å². The molecule has 0 bridgehead atoms. The van der Waals surface area contributed by atoms with E-state index in [-0.39, 0.29) is 22.2 Å². The summed E-state index contributed by atoms with van der Waals surface area (Å²) in [5, 5.41) is 2.63. The summed E-state index contributed by atoms with van der Waals surface area (Å²) < 4.78 is 30.6. The maximum atomic E-state index is 12.3. The second-order valence-electron chi connectivity index (χ2n) is 3.73. The lowest BCUT2D eigenvalue weighted by Gasteiger charge is -2.18. The van der Waals surface area contributed by atoms with Gasteiger partial charge in [0.2, 0.25) is 15.9 Å². The second-order valence-corrected chi connectivity index (χ2v) is 6.18. The van der Waals surface area contributed by atoms with Crippen molar-refractivity contribution in [2.24, 2.45) is 0 Å². The van der Waals surface area contributed by atoms with Crippen LogP contribution in [0.15, 0.2) is 23.1 Å². The number of carbonyl (C=O) groups excluding carboxylic acids is 1. The van der Waals surface area contributed by atoms with E-state index in [2.05, 4.69) is 5.32 Å². The van der Waals surface area contributed by atoms with Gasteiger partial charge in [-0.2, -0.15) is 4.31 Å². The number of nitrogens with zero attached hydrogens (tertiary/aromatic N) is 1. The number of likely N-dealkylation sites (N-methyl/N-ethyl adjacent to an activating group) is 2. The van der Waals surface area contributed by atoms with Gasteiger partial charge in [-0.1, -0.05) is 11.6 Å². The summed E-state index contributed by atoms with van der Waals surface area (Å²) in [6, 6.07) is 4.27. The molecule has 6 nitrogen and oxygen atoms in total. The van der Waals surface area contributed by atoms with Gasteiger partial charge in [-0.05, 0) is 18.2 Å². The summed E-state index contributed by atoms with van der Waals surface area (Å²) >= 11 is 5.80. The Morgan fingerprint density at radius 2 is 2.11 bits per heavy atom. The van der Waals surface area contributed by atoms with Gasteiger partial charge in [-0.3, -0.25) is 4.79 Å². The Morgan fingerprint density at radius 3 is 2.63 bits per heavy atom. The molecule has 0 spiro atoms. The summed E-state index contributed by atoms with van der Waals surface area (Å²) in [5.41, 5.74) is 0.